The summed E-state index contributed by atoms with van der Waals surface area (Å²) in [6.45, 7) is 3.08. The van der Waals surface area contributed by atoms with Gasteiger partial charge < -0.3 is 9.72 Å². The van der Waals surface area contributed by atoms with Gasteiger partial charge in [-0.25, -0.2) is 4.79 Å². The minimum absolute atomic E-state index is 0.0949. The number of aromatic nitrogens is 1. The van der Waals surface area contributed by atoms with E-state index < -0.39 is 17.3 Å². The first-order chi connectivity index (χ1) is 8.49. The molecule has 0 bridgehead atoms. The Balaban J connectivity index is 3.44. The Kier molecular flexibility index (Phi) is 4.57. The van der Waals surface area contributed by atoms with Crippen molar-refractivity contribution in [2.24, 2.45) is 0 Å². The first kappa shape index (κ1) is 13.9. The SMILES string of the molecule is CCOC(=O)C=c1sc(=C(C#N)C(C)=O)[nH]c1=O. The third-order valence-corrected chi connectivity index (χ3v) is 2.92. The zero-order valence-corrected chi connectivity index (χ0v) is 10.6. The highest BCUT2D eigenvalue weighted by molar-refractivity contribution is 7.07. The molecule has 0 fully saturated rings. The maximum atomic E-state index is 11.5. The number of ketones is 1. The smallest absolute Gasteiger partial charge is 0.332 e. The average Bonchev–Trinajstić information content (AvgIpc) is 2.60. The topological polar surface area (TPSA) is 100 Å². The summed E-state index contributed by atoms with van der Waals surface area (Å²) in [6.07, 6.45) is 1.03. The molecular formula is C11H10N2O4S. The molecule has 94 valence electrons. The van der Waals surface area contributed by atoms with Crippen molar-refractivity contribution in [3.05, 3.63) is 19.5 Å². The number of H-pyrrole nitrogens is 1. The monoisotopic (exact) mass is 266 g/mol. The predicted octanol–water partition coefficient (Wildman–Crippen LogP) is -0.957. The molecule has 0 unspecified atom stereocenters. The highest BCUT2D eigenvalue weighted by Crippen LogP contribution is 1.91. The fourth-order valence-electron chi connectivity index (χ4n) is 1.14. The van der Waals surface area contributed by atoms with Crippen LogP contribution in [0.3, 0.4) is 0 Å². The van der Waals surface area contributed by atoms with Crippen molar-refractivity contribution in [1.29, 1.82) is 5.26 Å². The molecule has 0 aliphatic heterocycles. The van der Waals surface area contributed by atoms with Crippen LogP contribution in [0.1, 0.15) is 13.8 Å². The van der Waals surface area contributed by atoms with Crippen molar-refractivity contribution in [2.75, 3.05) is 6.61 Å². The fraction of sp³-hybridized carbons (Fsp3) is 0.273. The maximum Gasteiger partial charge on any atom is 0.332 e. The van der Waals surface area contributed by atoms with Crippen LogP contribution in [0.4, 0.5) is 0 Å². The summed E-state index contributed by atoms with van der Waals surface area (Å²) in [7, 11) is 0. The molecule has 18 heavy (non-hydrogen) atoms. The van der Waals surface area contributed by atoms with Crippen LogP contribution in [0.15, 0.2) is 4.79 Å². The van der Waals surface area contributed by atoms with Crippen molar-refractivity contribution in [3.63, 3.8) is 0 Å². The normalized spacial score (nSPS) is 12.8. The van der Waals surface area contributed by atoms with Crippen molar-refractivity contribution in [3.8, 4) is 6.07 Å². The molecule has 0 aliphatic carbocycles. The van der Waals surface area contributed by atoms with Crippen LogP contribution >= 0.6 is 11.3 Å². The molecule has 6 nitrogen and oxygen atoms in total. The van der Waals surface area contributed by atoms with E-state index in [1.807, 2.05) is 0 Å². The molecule has 1 aromatic heterocycles. The van der Waals surface area contributed by atoms with Gasteiger partial charge in [0, 0.05) is 6.08 Å². The molecule has 1 N–H and O–H groups in total. The lowest BCUT2D eigenvalue weighted by molar-refractivity contribution is -0.135. The van der Waals surface area contributed by atoms with E-state index in [4.69, 9.17) is 5.26 Å². The van der Waals surface area contributed by atoms with Gasteiger partial charge in [0.15, 0.2) is 5.78 Å². The Bertz CT molecular complexity index is 690. The molecule has 0 saturated carbocycles. The minimum Gasteiger partial charge on any atom is -0.463 e. The molecule has 0 atom stereocenters. The minimum atomic E-state index is -0.641. The van der Waals surface area contributed by atoms with Crippen LogP contribution in [-0.4, -0.2) is 23.3 Å². The van der Waals surface area contributed by atoms with E-state index in [1.165, 1.54) is 6.92 Å². The van der Waals surface area contributed by atoms with Gasteiger partial charge in [-0.05, 0) is 13.8 Å². The number of carbonyl (C=O) groups is 2. The number of Topliss-reactive ketones (excluding diaryl/α,β-unsaturated/α-hetero) is 1. The van der Waals surface area contributed by atoms with Gasteiger partial charge in [-0.3, -0.25) is 9.59 Å². The molecule has 0 aromatic carbocycles. The van der Waals surface area contributed by atoms with Crippen LogP contribution in [0, 0.1) is 11.3 Å². The van der Waals surface area contributed by atoms with E-state index >= 15 is 0 Å². The van der Waals surface area contributed by atoms with Crippen LogP contribution < -0.4 is 14.8 Å². The van der Waals surface area contributed by atoms with E-state index in [2.05, 4.69) is 9.72 Å². The number of nitriles is 1. The van der Waals surface area contributed by atoms with E-state index in [-0.39, 0.29) is 21.4 Å². The van der Waals surface area contributed by atoms with Gasteiger partial charge in [-0.1, -0.05) is 0 Å². The molecule has 7 heteroatoms. The van der Waals surface area contributed by atoms with Crippen LogP contribution in [-0.2, 0) is 14.3 Å². The second-order valence-electron chi connectivity index (χ2n) is 3.19. The van der Waals surface area contributed by atoms with Gasteiger partial charge in [0.25, 0.3) is 5.56 Å². The maximum absolute atomic E-state index is 11.5. The van der Waals surface area contributed by atoms with E-state index in [0.29, 0.717) is 0 Å². The number of thiazole rings is 1. The summed E-state index contributed by atoms with van der Waals surface area (Å²) in [4.78, 5) is 36.2. The lowest BCUT2D eigenvalue weighted by Crippen LogP contribution is -2.22. The lowest BCUT2D eigenvalue weighted by Gasteiger charge is -1.91. The van der Waals surface area contributed by atoms with E-state index in [9.17, 15) is 14.4 Å². The fourth-order valence-corrected chi connectivity index (χ4v) is 2.09. The third-order valence-electron chi connectivity index (χ3n) is 1.89. The van der Waals surface area contributed by atoms with Crippen molar-refractivity contribution >= 4 is 34.7 Å². The van der Waals surface area contributed by atoms with Crippen molar-refractivity contribution in [1.82, 2.24) is 4.98 Å². The Morgan fingerprint density at radius 1 is 1.56 bits per heavy atom. The Labute approximate surface area is 106 Å². The van der Waals surface area contributed by atoms with Gasteiger partial charge in [0.1, 0.15) is 20.8 Å². The zero-order valence-electron chi connectivity index (χ0n) is 9.77. The number of nitrogens with zero attached hydrogens (tertiary/aromatic N) is 1. The van der Waals surface area contributed by atoms with Gasteiger partial charge in [0.05, 0.1) is 6.61 Å². The zero-order chi connectivity index (χ0) is 13.7. The summed E-state index contributed by atoms with van der Waals surface area (Å²) in [6, 6.07) is 1.71. The number of esters is 1. The van der Waals surface area contributed by atoms with Crippen molar-refractivity contribution < 1.29 is 14.3 Å². The highest BCUT2D eigenvalue weighted by atomic mass is 32.1. The highest BCUT2D eigenvalue weighted by Gasteiger charge is 2.07. The lowest BCUT2D eigenvalue weighted by atomic mass is 10.2. The van der Waals surface area contributed by atoms with E-state index in [0.717, 1.165) is 17.4 Å². The van der Waals surface area contributed by atoms with Crippen molar-refractivity contribution in [2.45, 2.75) is 13.8 Å². The molecule has 0 aliphatic rings. The van der Waals surface area contributed by atoms with Crippen LogP contribution in [0.5, 0.6) is 0 Å². The predicted molar refractivity (Wildman–Crippen MR) is 65.0 cm³/mol. The molecule has 0 saturated heterocycles. The van der Waals surface area contributed by atoms with Gasteiger partial charge in [-0.2, -0.15) is 5.26 Å². The molecule has 1 aromatic rings. The first-order valence-electron chi connectivity index (χ1n) is 5.02. The third kappa shape index (κ3) is 3.15. The number of ether oxygens (including phenoxy) is 1. The standard InChI is InChI=1S/C11H10N2O4S/c1-3-17-9(15)4-8-10(16)13-11(18-8)7(5-12)6(2)14/h4H,3H2,1-2H3,(H,13,16). The average molecular weight is 266 g/mol. The summed E-state index contributed by atoms with van der Waals surface area (Å²) in [5.74, 6) is -1.09. The summed E-state index contributed by atoms with van der Waals surface area (Å²) in [5.41, 5.74) is -0.669. The summed E-state index contributed by atoms with van der Waals surface area (Å²) in [5, 5.41) is 8.79. The second kappa shape index (κ2) is 5.93. The second-order valence-corrected chi connectivity index (χ2v) is 4.24. The van der Waals surface area contributed by atoms with Gasteiger partial charge >= 0.3 is 5.97 Å². The number of carbonyl (C=O) groups excluding carboxylic acids is 2. The first-order valence-corrected chi connectivity index (χ1v) is 5.84. The number of rotatable bonds is 3. The summed E-state index contributed by atoms with van der Waals surface area (Å²) < 4.78 is 4.90. The molecule has 1 heterocycles. The number of hydrogen-bond donors (Lipinski definition) is 1. The Hall–Kier alpha value is -2.20. The Morgan fingerprint density at radius 3 is 2.72 bits per heavy atom. The number of hydrogen-bond acceptors (Lipinski definition) is 6. The molecule has 0 amide bonds. The van der Waals surface area contributed by atoms with Crippen LogP contribution in [0.25, 0.3) is 11.6 Å². The largest absolute Gasteiger partial charge is 0.463 e. The summed E-state index contributed by atoms with van der Waals surface area (Å²) >= 11 is 0.870. The van der Waals surface area contributed by atoms with Gasteiger partial charge in [-0.15, -0.1) is 11.3 Å². The van der Waals surface area contributed by atoms with E-state index in [1.54, 1.807) is 13.0 Å². The molecule has 1 rings (SSSR count). The van der Waals surface area contributed by atoms with Gasteiger partial charge in [0.2, 0.25) is 0 Å². The van der Waals surface area contributed by atoms with Crippen LogP contribution in [0.2, 0.25) is 0 Å². The molecular weight excluding hydrogens is 256 g/mol. The molecule has 0 radical (unpaired) electrons. The Morgan fingerprint density at radius 2 is 2.22 bits per heavy atom. The molecule has 0 spiro atoms. The number of nitrogens with one attached hydrogen (secondary N) is 1. The number of aromatic amines is 1. The quantitative estimate of drug-likeness (QED) is 0.710.